The number of rotatable bonds is 11. The molecule has 0 saturated carbocycles. The van der Waals surface area contributed by atoms with Gasteiger partial charge in [-0.15, -0.1) is 0 Å². The van der Waals surface area contributed by atoms with Crippen molar-refractivity contribution in [3.63, 3.8) is 0 Å². The Bertz CT molecular complexity index is 495. The highest BCUT2D eigenvalue weighted by Crippen LogP contribution is 2.31. The van der Waals surface area contributed by atoms with Gasteiger partial charge in [0.2, 0.25) is 11.8 Å². The molecule has 1 atom stereocenters. The highest BCUT2D eigenvalue weighted by Gasteiger charge is 2.34. The minimum Gasteiger partial charge on any atom is -0.370 e. The average molecular weight is 310 g/mol. The maximum atomic E-state index is 12.1. The van der Waals surface area contributed by atoms with E-state index < -0.39 is 17.6 Å². The molecule has 0 fully saturated rings. The van der Waals surface area contributed by atoms with Crippen LogP contribution in [0.2, 0.25) is 0 Å². The second-order valence-electron chi connectivity index (χ2n) is 5.71. The molecule has 1 aliphatic heterocycles. The Morgan fingerprint density at radius 3 is 2.23 bits per heavy atom. The fourth-order valence-electron chi connectivity index (χ4n) is 1.88. The molecule has 0 bridgehead atoms. The number of nitrogens with one attached hydrogen (secondary N) is 1. The van der Waals surface area contributed by atoms with Crippen LogP contribution in [0, 0.1) is 0 Å². The lowest BCUT2D eigenvalue weighted by Gasteiger charge is -2.17. The number of carbonyl (C=O) groups excluding carboxylic acids is 4. The minimum absolute atomic E-state index is 0.000853. The summed E-state index contributed by atoms with van der Waals surface area (Å²) in [6, 6.07) is -0.791. The van der Waals surface area contributed by atoms with Crippen LogP contribution in [0.15, 0.2) is 10.2 Å². The van der Waals surface area contributed by atoms with Gasteiger partial charge in [-0.3, -0.25) is 14.4 Å². The number of nitrogens with zero attached hydrogens (tertiary/aromatic N) is 2. The Kier molecular flexibility index (Phi) is 6.33. The standard InChI is InChI=1S/C14H22N4O4/c1-9(19)3-5-11(20)10(4-6-12(15)21)16-13(22)7-8-14(2)17-18-14/h10H,3-8H2,1-2H3,(H2,15,21)(H,16,22). The van der Waals surface area contributed by atoms with Crippen molar-refractivity contribution in [3.05, 3.63) is 0 Å². The van der Waals surface area contributed by atoms with E-state index in [4.69, 9.17) is 5.73 Å². The van der Waals surface area contributed by atoms with Gasteiger partial charge in [0.05, 0.1) is 6.04 Å². The molecular formula is C14H22N4O4. The lowest BCUT2D eigenvalue weighted by Crippen LogP contribution is -2.41. The zero-order valence-corrected chi connectivity index (χ0v) is 12.9. The quantitative estimate of drug-likeness (QED) is 0.579. The highest BCUT2D eigenvalue weighted by molar-refractivity contribution is 5.91. The molecule has 0 aromatic carbocycles. The first kappa shape index (κ1) is 17.9. The topological polar surface area (TPSA) is 131 Å². The summed E-state index contributed by atoms with van der Waals surface area (Å²) in [5.74, 6) is -1.21. The van der Waals surface area contributed by atoms with Crippen LogP contribution in [0.25, 0.3) is 0 Å². The smallest absolute Gasteiger partial charge is 0.220 e. The number of carbonyl (C=O) groups is 4. The molecule has 22 heavy (non-hydrogen) atoms. The van der Waals surface area contributed by atoms with E-state index in [0.29, 0.717) is 6.42 Å². The summed E-state index contributed by atoms with van der Waals surface area (Å²) in [5, 5.41) is 10.2. The number of nitrogens with two attached hydrogens (primary N) is 1. The van der Waals surface area contributed by atoms with E-state index in [2.05, 4.69) is 15.5 Å². The maximum absolute atomic E-state index is 12.1. The Morgan fingerprint density at radius 2 is 1.73 bits per heavy atom. The van der Waals surface area contributed by atoms with Crippen molar-refractivity contribution in [2.45, 2.75) is 64.1 Å². The molecule has 2 amide bonds. The molecule has 1 rings (SSSR count). The number of primary amides is 1. The highest BCUT2D eigenvalue weighted by atomic mass is 16.2. The predicted octanol–water partition coefficient (Wildman–Crippen LogP) is 0.637. The summed E-state index contributed by atoms with van der Waals surface area (Å²) >= 11 is 0. The lowest BCUT2D eigenvalue weighted by molar-refractivity contribution is -0.129. The normalized spacial score (nSPS) is 15.9. The van der Waals surface area contributed by atoms with Gasteiger partial charge in [-0.2, -0.15) is 10.2 Å². The molecule has 0 aromatic heterocycles. The molecule has 0 spiro atoms. The minimum atomic E-state index is -0.791. The van der Waals surface area contributed by atoms with Crippen molar-refractivity contribution < 1.29 is 19.2 Å². The van der Waals surface area contributed by atoms with E-state index in [1.807, 2.05) is 6.92 Å². The molecule has 0 aliphatic carbocycles. The fourth-order valence-corrected chi connectivity index (χ4v) is 1.88. The van der Waals surface area contributed by atoms with Gasteiger partial charge in [0.25, 0.3) is 0 Å². The van der Waals surface area contributed by atoms with Crippen molar-refractivity contribution in [2.75, 3.05) is 0 Å². The molecule has 0 aromatic rings. The van der Waals surface area contributed by atoms with Crippen molar-refractivity contribution in [2.24, 2.45) is 16.0 Å². The van der Waals surface area contributed by atoms with Crippen molar-refractivity contribution in [1.29, 1.82) is 0 Å². The van der Waals surface area contributed by atoms with E-state index in [-0.39, 0.29) is 49.6 Å². The second kappa shape index (κ2) is 7.77. The van der Waals surface area contributed by atoms with E-state index in [1.54, 1.807) is 0 Å². The molecule has 1 unspecified atom stereocenters. The summed E-state index contributed by atoms with van der Waals surface area (Å²) < 4.78 is 0. The Labute approximate surface area is 128 Å². The van der Waals surface area contributed by atoms with Crippen LogP contribution in [0.1, 0.15) is 52.4 Å². The third-order valence-corrected chi connectivity index (χ3v) is 3.39. The third kappa shape index (κ3) is 7.05. The van der Waals surface area contributed by atoms with Gasteiger partial charge in [0.1, 0.15) is 5.78 Å². The first-order chi connectivity index (χ1) is 10.2. The molecule has 0 saturated heterocycles. The van der Waals surface area contributed by atoms with Crippen LogP contribution in [-0.4, -0.2) is 35.1 Å². The number of hydrogen-bond donors (Lipinski definition) is 2. The molecule has 0 radical (unpaired) electrons. The van der Waals surface area contributed by atoms with Crippen LogP contribution in [-0.2, 0) is 19.2 Å². The molecule has 8 nitrogen and oxygen atoms in total. The molecule has 3 N–H and O–H groups in total. The van der Waals surface area contributed by atoms with Crippen LogP contribution >= 0.6 is 0 Å². The van der Waals surface area contributed by atoms with Crippen molar-refractivity contribution >= 4 is 23.4 Å². The predicted molar refractivity (Wildman–Crippen MR) is 77.8 cm³/mol. The molecule has 1 aliphatic rings. The summed E-state index contributed by atoms with van der Waals surface area (Å²) in [4.78, 5) is 45.7. The van der Waals surface area contributed by atoms with Crippen LogP contribution < -0.4 is 11.1 Å². The van der Waals surface area contributed by atoms with Crippen molar-refractivity contribution in [1.82, 2.24) is 5.32 Å². The lowest BCUT2D eigenvalue weighted by atomic mass is 10.0. The number of hydrogen-bond acceptors (Lipinski definition) is 6. The summed E-state index contributed by atoms with van der Waals surface area (Å²) in [7, 11) is 0. The molecule has 122 valence electrons. The number of amides is 2. The second-order valence-corrected chi connectivity index (χ2v) is 5.71. The number of ketones is 2. The molecular weight excluding hydrogens is 288 g/mol. The summed E-state index contributed by atoms with van der Waals surface area (Å²) in [6.07, 6.45) is 0.974. The summed E-state index contributed by atoms with van der Waals surface area (Å²) in [5.41, 5.74) is 4.60. The largest absolute Gasteiger partial charge is 0.370 e. The Morgan fingerprint density at radius 1 is 1.09 bits per heavy atom. The SMILES string of the molecule is CC(=O)CCC(=O)C(CCC(N)=O)NC(=O)CCC1(C)N=N1. The van der Waals surface area contributed by atoms with E-state index in [9.17, 15) is 19.2 Å². The van der Waals surface area contributed by atoms with Gasteiger partial charge >= 0.3 is 0 Å². The van der Waals surface area contributed by atoms with Gasteiger partial charge in [-0.1, -0.05) is 0 Å². The van der Waals surface area contributed by atoms with Gasteiger partial charge in [-0.05, 0) is 20.3 Å². The van der Waals surface area contributed by atoms with Gasteiger partial charge < -0.3 is 15.8 Å². The van der Waals surface area contributed by atoms with E-state index >= 15 is 0 Å². The first-order valence-electron chi connectivity index (χ1n) is 7.26. The molecule has 8 heteroatoms. The zero-order valence-electron chi connectivity index (χ0n) is 12.9. The third-order valence-electron chi connectivity index (χ3n) is 3.39. The van der Waals surface area contributed by atoms with E-state index in [1.165, 1.54) is 6.92 Å². The van der Waals surface area contributed by atoms with Gasteiger partial charge in [-0.25, -0.2) is 0 Å². The number of Topliss-reactive ketones (excluding diaryl/α,β-unsaturated/α-hetero) is 2. The van der Waals surface area contributed by atoms with Gasteiger partial charge in [0.15, 0.2) is 11.4 Å². The average Bonchev–Trinajstić information content (AvgIpc) is 3.16. The van der Waals surface area contributed by atoms with Crippen LogP contribution in [0.5, 0.6) is 0 Å². The zero-order chi connectivity index (χ0) is 16.8. The maximum Gasteiger partial charge on any atom is 0.220 e. The van der Waals surface area contributed by atoms with E-state index in [0.717, 1.165) is 0 Å². The monoisotopic (exact) mass is 310 g/mol. The Hall–Kier alpha value is -2.12. The summed E-state index contributed by atoms with van der Waals surface area (Å²) in [6.45, 7) is 3.20. The van der Waals surface area contributed by atoms with Crippen LogP contribution in [0.3, 0.4) is 0 Å². The fraction of sp³-hybridized carbons (Fsp3) is 0.714. The molecule has 1 heterocycles. The van der Waals surface area contributed by atoms with Crippen LogP contribution in [0.4, 0.5) is 0 Å². The Balaban J connectivity index is 2.47. The van der Waals surface area contributed by atoms with Gasteiger partial charge in [0, 0.05) is 32.1 Å². The first-order valence-corrected chi connectivity index (χ1v) is 7.26. The van der Waals surface area contributed by atoms with Crippen molar-refractivity contribution in [3.8, 4) is 0 Å².